The number of halogens is 1. The number of methoxy groups -OCH3 is 1. The first-order valence-electron chi connectivity index (χ1n) is 9.22. The van der Waals surface area contributed by atoms with Crippen molar-refractivity contribution < 1.29 is 18.7 Å². The molecule has 1 saturated heterocycles. The molecule has 2 amide bonds. The Bertz CT molecular complexity index is 850. The van der Waals surface area contributed by atoms with Crippen LogP contribution in [0, 0.1) is 5.82 Å². The lowest BCUT2D eigenvalue weighted by molar-refractivity contribution is -0.121. The van der Waals surface area contributed by atoms with Crippen molar-refractivity contribution >= 4 is 17.5 Å². The van der Waals surface area contributed by atoms with E-state index < -0.39 is 5.82 Å². The highest BCUT2D eigenvalue weighted by atomic mass is 19.1. The van der Waals surface area contributed by atoms with Crippen molar-refractivity contribution in [2.45, 2.75) is 13.0 Å². The van der Waals surface area contributed by atoms with E-state index in [1.165, 1.54) is 12.1 Å². The van der Waals surface area contributed by atoms with Crippen molar-refractivity contribution in [2.75, 3.05) is 38.6 Å². The largest absolute Gasteiger partial charge is 0.497 e. The number of hydrogen-bond acceptors (Lipinski definition) is 4. The lowest BCUT2D eigenvalue weighted by Crippen LogP contribution is -2.54. The van der Waals surface area contributed by atoms with Crippen LogP contribution in [-0.4, -0.2) is 60.9 Å². The van der Waals surface area contributed by atoms with E-state index >= 15 is 0 Å². The highest BCUT2D eigenvalue weighted by molar-refractivity contribution is 5.95. The molecular weight excluding hydrogens is 361 g/mol. The molecule has 0 aliphatic carbocycles. The fraction of sp³-hybridized carbons (Fsp3) is 0.333. The first-order chi connectivity index (χ1) is 13.5. The lowest BCUT2D eigenvalue weighted by Gasteiger charge is -2.37. The predicted molar refractivity (Wildman–Crippen MR) is 105 cm³/mol. The minimum Gasteiger partial charge on any atom is -0.497 e. The summed E-state index contributed by atoms with van der Waals surface area (Å²) in [6.07, 6.45) is 0. The summed E-state index contributed by atoms with van der Waals surface area (Å²) in [4.78, 5) is 28.9. The molecule has 1 aliphatic heterocycles. The smallest absolute Gasteiger partial charge is 0.254 e. The van der Waals surface area contributed by atoms with Gasteiger partial charge in [0.25, 0.3) is 5.91 Å². The summed E-state index contributed by atoms with van der Waals surface area (Å²) in [6, 6.07) is 12.5. The van der Waals surface area contributed by atoms with E-state index in [4.69, 9.17) is 4.74 Å². The molecule has 0 bridgehead atoms. The molecule has 1 N–H and O–H groups in total. The topological polar surface area (TPSA) is 61.9 Å². The Morgan fingerprint density at radius 2 is 1.79 bits per heavy atom. The average Bonchev–Trinajstić information content (AvgIpc) is 2.73. The van der Waals surface area contributed by atoms with Crippen LogP contribution in [0.3, 0.4) is 0 Å². The number of ether oxygens (including phenoxy) is 1. The molecule has 7 heteroatoms. The number of amides is 2. The number of hydrogen-bond donors (Lipinski definition) is 1. The Morgan fingerprint density at radius 1 is 1.07 bits per heavy atom. The Labute approximate surface area is 163 Å². The number of benzene rings is 2. The fourth-order valence-electron chi connectivity index (χ4n) is 3.23. The van der Waals surface area contributed by atoms with Crippen molar-refractivity contribution in [3.8, 4) is 5.75 Å². The van der Waals surface area contributed by atoms with Gasteiger partial charge in [0.1, 0.15) is 11.6 Å². The van der Waals surface area contributed by atoms with Crippen LogP contribution in [0.1, 0.15) is 17.3 Å². The number of nitrogens with one attached hydrogen (secondary N) is 1. The van der Waals surface area contributed by atoms with Gasteiger partial charge >= 0.3 is 0 Å². The second-order valence-electron chi connectivity index (χ2n) is 6.74. The molecule has 1 unspecified atom stereocenters. The van der Waals surface area contributed by atoms with Gasteiger partial charge in [-0.1, -0.05) is 12.1 Å². The third kappa shape index (κ3) is 4.67. The molecule has 1 aliphatic rings. The Balaban J connectivity index is 1.55. The molecule has 3 rings (SSSR count). The second-order valence-corrected chi connectivity index (χ2v) is 6.74. The molecule has 0 saturated carbocycles. The Kier molecular flexibility index (Phi) is 6.26. The fourth-order valence-corrected chi connectivity index (χ4v) is 3.23. The van der Waals surface area contributed by atoms with Gasteiger partial charge in [-0.05, 0) is 43.3 Å². The number of carbonyl (C=O) groups excluding carboxylic acids is 2. The summed E-state index contributed by atoms with van der Waals surface area (Å²) in [6.45, 7) is 4.07. The maximum Gasteiger partial charge on any atom is 0.254 e. The molecular formula is C21H24FN3O3. The van der Waals surface area contributed by atoms with E-state index in [1.54, 1.807) is 48.4 Å². The van der Waals surface area contributed by atoms with Gasteiger partial charge in [0.15, 0.2) is 0 Å². The number of anilines is 1. The van der Waals surface area contributed by atoms with Gasteiger partial charge in [-0.15, -0.1) is 0 Å². The van der Waals surface area contributed by atoms with E-state index in [0.717, 1.165) is 0 Å². The van der Waals surface area contributed by atoms with Crippen LogP contribution in [0.2, 0.25) is 0 Å². The van der Waals surface area contributed by atoms with Crippen molar-refractivity contribution in [3.63, 3.8) is 0 Å². The van der Waals surface area contributed by atoms with Crippen LogP contribution in [0.15, 0.2) is 48.5 Å². The van der Waals surface area contributed by atoms with Gasteiger partial charge in [0, 0.05) is 37.4 Å². The van der Waals surface area contributed by atoms with E-state index in [0.29, 0.717) is 43.2 Å². The first kappa shape index (κ1) is 19.8. The number of nitrogens with zero attached hydrogens (tertiary/aromatic N) is 2. The predicted octanol–water partition coefficient (Wildman–Crippen LogP) is 2.62. The van der Waals surface area contributed by atoms with E-state index in [-0.39, 0.29) is 17.9 Å². The Hall–Kier alpha value is -2.93. The number of rotatable bonds is 5. The summed E-state index contributed by atoms with van der Waals surface area (Å²) >= 11 is 0. The molecule has 0 radical (unpaired) electrons. The zero-order valence-corrected chi connectivity index (χ0v) is 16.0. The molecule has 2 aromatic carbocycles. The highest BCUT2D eigenvalue weighted by Crippen LogP contribution is 2.17. The zero-order chi connectivity index (χ0) is 20.1. The molecule has 1 fully saturated rings. The minimum atomic E-state index is -0.393. The van der Waals surface area contributed by atoms with Crippen LogP contribution >= 0.6 is 0 Å². The summed E-state index contributed by atoms with van der Waals surface area (Å²) in [7, 11) is 1.57. The SMILES string of the molecule is COc1cccc(C(=O)N2CCN(C(C)C(=O)Nc3cccc(F)c3)CC2)c1. The van der Waals surface area contributed by atoms with Crippen molar-refractivity contribution in [1.29, 1.82) is 0 Å². The summed E-state index contributed by atoms with van der Waals surface area (Å²) in [5, 5.41) is 2.74. The van der Waals surface area contributed by atoms with Gasteiger partial charge in [-0.3, -0.25) is 14.5 Å². The van der Waals surface area contributed by atoms with Crippen molar-refractivity contribution in [1.82, 2.24) is 9.80 Å². The molecule has 0 aromatic heterocycles. The molecule has 1 heterocycles. The lowest BCUT2D eigenvalue weighted by atomic mass is 10.1. The second kappa shape index (κ2) is 8.84. The Morgan fingerprint density at radius 3 is 2.46 bits per heavy atom. The number of carbonyl (C=O) groups is 2. The van der Waals surface area contributed by atoms with E-state index in [9.17, 15) is 14.0 Å². The van der Waals surface area contributed by atoms with Gasteiger partial charge in [0.2, 0.25) is 5.91 Å². The molecule has 2 aromatic rings. The monoisotopic (exact) mass is 385 g/mol. The van der Waals surface area contributed by atoms with Gasteiger partial charge in [0.05, 0.1) is 13.2 Å². The maximum absolute atomic E-state index is 13.3. The summed E-state index contributed by atoms with van der Waals surface area (Å²) in [5.41, 5.74) is 1.02. The summed E-state index contributed by atoms with van der Waals surface area (Å²) in [5.74, 6) is 0.0100. The van der Waals surface area contributed by atoms with E-state index in [2.05, 4.69) is 5.32 Å². The quantitative estimate of drug-likeness (QED) is 0.860. The van der Waals surface area contributed by atoms with Gasteiger partial charge < -0.3 is 15.0 Å². The maximum atomic E-state index is 13.3. The van der Waals surface area contributed by atoms with Gasteiger partial charge in [-0.2, -0.15) is 0 Å². The molecule has 28 heavy (non-hydrogen) atoms. The van der Waals surface area contributed by atoms with Crippen LogP contribution < -0.4 is 10.1 Å². The molecule has 148 valence electrons. The normalized spacial score (nSPS) is 15.8. The molecule has 0 spiro atoms. The molecule has 6 nitrogen and oxygen atoms in total. The van der Waals surface area contributed by atoms with Crippen LogP contribution in [-0.2, 0) is 4.79 Å². The van der Waals surface area contributed by atoms with E-state index in [1.807, 2.05) is 11.8 Å². The van der Waals surface area contributed by atoms with Crippen LogP contribution in [0.4, 0.5) is 10.1 Å². The van der Waals surface area contributed by atoms with Gasteiger partial charge in [-0.25, -0.2) is 4.39 Å². The molecule has 1 atom stereocenters. The minimum absolute atomic E-state index is 0.0459. The standard InChI is InChI=1S/C21H24FN3O3/c1-15(20(26)23-18-7-4-6-17(22)14-18)24-9-11-25(12-10-24)21(27)16-5-3-8-19(13-16)28-2/h3-8,13-15H,9-12H2,1-2H3,(H,23,26). The first-order valence-corrected chi connectivity index (χ1v) is 9.22. The van der Waals surface area contributed by atoms with Crippen LogP contribution in [0.25, 0.3) is 0 Å². The van der Waals surface area contributed by atoms with Crippen molar-refractivity contribution in [3.05, 3.63) is 59.9 Å². The third-order valence-corrected chi connectivity index (χ3v) is 4.94. The zero-order valence-electron chi connectivity index (χ0n) is 16.0. The van der Waals surface area contributed by atoms with Crippen LogP contribution in [0.5, 0.6) is 5.75 Å². The average molecular weight is 385 g/mol. The van der Waals surface area contributed by atoms with Crippen molar-refractivity contribution in [2.24, 2.45) is 0 Å². The number of piperazine rings is 1. The third-order valence-electron chi connectivity index (χ3n) is 4.94. The summed E-state index contributed by atoms with van der Waals surface area (Å²) < 4.78 is 18.4. The highest BCUT2D eigenvalue weighted by Gasteiger charge is 2.28.